The zero-order valence-electron chi connectivity index (χ0n) is 14.3. The van der Waals surface area contributed by atoms with Gasteiger partial charge in [-0.15, -0.1) is 11.3 Å². The highest BCUT2D eigenvalue weighted by Gasteiger charge is 2.32. The molecule has 4 nitrogen and oxygen atoms in total. The maximum atomic E-state index is 12.7. The SMILES string of the molecule is Cc1ccsc1/C=C1/Oc2c(ccc(O)c2C[NH+]2CCCCC2)C1=O. The number of rotatable bonds is 3. The molecule has 0 saturated carbocycles. The molecule has 0 unspecified atom stereocenters. The van der Waals surface area contributed by atoms with Crippen molar-refractivity contribution in [3.05, 3.63) is 50.9 Å². The normalized spacial score (nSPS) is 19.2. The second-order valence-electron chi connectivity index (χ2n) is 6.84. The van der Waals surface area contributed by atoms with E-state index in [1.165, 1.54) is 24.2 Å². The number of carbonyl (C=O) groups excluding carboxylic acids is 1. The van der Waals surface area contributed by atoms with Crippen LogP contribution in [0.4, 0.5) is 0 Å². The number of ether oxygens (including phenoxy) is 1. The van der Waals surface area contributed by atoms with E-state index in [0.29, 0.717) is 23.6 Å². The first-order valence-corrected chi connectivity index (χ1v) is 9.68. The van der Waals surface area contributed by atoms with Crippen LogP contribution in [0.5, 0.6) is 11.5 Å². The highest BCUT2D eigenvalue weighted by atomic mass is 32.1. The molecule has 130 valence electrons. The summed E-state index contributed by atoms with van der Waals surface area (Å²) in [4.78, 5) is 15.2. The summed E-state index contributed by atoms with van der Waals surface area (Å²) in [6, 6.07) is 5.32. The molecule has 0 atom stereocenters. The summed E-state index contributed by atoms with van der Waals surface area (Å²) >= 11 is 1.59. The third kappa shape index (κ3) is 3.10. The minimum Gasteiger partial charge on any atom is -0.507 e. The van der Waals surface area contributed by atoms with Crippen LogP contribution in [0.25, 0.3) is 6.08 Å². The summed E-state index contributed by atoms with van der Waals surface area (Å²) in [6.45, 7) is 4.93. The number of benzene rings is 1. The number of fused-ring (bicyclic) bond motifs is 1. The standard InChI is InChI=1S/C20H21NO3S/c1-13-7-10-25-18(13)11-17-19(23)14-5-6-16(22)15(20(14)24-17)12-21-8-3-2-4-9-21/h5-7,10-11,22H,2-4,8-9,12H2,1H3/p+1/b17-11+. The van der Waals surface area contributed by atoms with Crippen LogP contribution in [0.2, 0.25) is 0 Å². The molecule has 4 rings (SSSR count). The van der Waals surface area contributed by atoms with Crippen LogP contribution < -0.4 is 9.64 Å². The predicted molar refractivity (Wildman–Crippen MR) is 98.4 cm³/mol. The Morgan fingerprint density at radius 2 is 2.04 bits per heavy atom. The Bertz CT molecular complexity index is 847. The Labute approximate surface area is 151 Å². The smallest absolute Gasteiger partial charge is 0.232 e. The molecule has 1 saturated heterocycles. The van der Waals surface area contributed by atoms with Gasteiger partial charge in [-0.25, -0.2) is 0 Å². The van der Waals surface area contributed by atoms with Gasteiger partial charge in [-0.05, 0) is 55.3 Å². The predicted octanol–water partition coefficient (Wildman–Crippen LogP) is 2.95. The van der Waals surface area contributed by atoms with Crippen LogP contribution in [-0.4, -0.2) is 24.0 Å². The zero-order valence-corrected chi connectivity index (χ0v) is 15.1. The number of phenols is 1. The molecule has 2 aromatic rings. The number of aryl methyl sites for hydroxylation is 1. The Hall–Kier alpha value is -2.11. The topological polar surface area (TPSA) is 51.0 Å². The van der Waals surface area contributed by atoms with Gasteiger partial charge in [-0.1, -0.05) is 0 Å². The van der Waals surface area contributed by atoms with E-state index < -0.39 is 0 Å². The number of allylic oxidation sites excluding steroid dienone is 1. The van der Waals surface area contributed by atoms with E-state index in [2.05, 4.69) is 0 Å². The second kappa shape index (κ2) is 6.65. The van der Waals surface area contributed by atoms with Crippen molar-refractivity contribution in [3.8, 4) is 11.5 Å². The number of hydrogen-bond donors (Lipinski definition) is 2. The summed E-state index contributed by atoms with van der Waals surface area (Å²) in [5.74, 6) is 1.01. The largest absolute Gasteiger partial charge is 0.507 e. The van der Waals surface area contributed by atoms with Crippen LogP contribution in [0.1, 0.15) is 45.6 Å². The van der Waals surface area contributed by atoms with Crippen molar-refractivity contribution < 1.29 is 19.5 Å². The summed E-state index contributed by atoms with van der Waals surface area (Å²) < 4.78 is 5.95. The van der Waals surface area contributed by atoms with Crippen molar-refractivity contribution in [1.82, 2.24) is 0 Å². The molecular formula is C20H22NO3S+. The number of hydrogen-bond acceptors (Lipinski definition) is 4. The Morgan fingerprint density at radius 1 is 1.24 bits per heavy atom. The summed E-state index contributed by atoms with van der Waals surface area (Å²) in [7, 11) is 0. The minimum atomic E-state index is -0.0994. The molecule has 25 heavy (non-hydrogen) atoms. The number of aromatic hydroxyl groups is 1. The fourth-order valence-electron chi connectivity index (χ4n) is 3.60. The van der Waals surface area contributed by atoms with Gasteiger partial charge in [-0.2, -0.15) is 0 Å². The third-order valence-electron chi connectivity index (χ3n) is 5.07. The van der Waals surface area contributed by atoms with E-state index in [1.807, 2.05) is 24.4 Å². The first-order chi connectivity index (χ1) is 12.1. The fraction of sp³-hybridized carbons (Fsp3) is 0.350. The number of likely N-dealkylation sites (tertiary alicyclic amines) is 1. The first kappa shape index (κ1) is 16.4. The highest BCUT2D eigenvalue weighted by Crippen LogP contribution is 2.39. The van der Waals surface area contributed by atoms with E-state index in [1.54, 1.807) is 23.5 Å². The molecule has 2 aliphatic heterocycles. The number of thiophene rings is 1. The van der Waals surface area contributed by atoms with Gasteiger partial charge in [0.1, 0.15) is 12.3 Å². The number of quaternary nitrogens is 1. The first-order valence-electron chi connectivity index (χ1n) is 8.80. The van der Waals surface area contributed by atoms with Crippen LogP contribution in [0, 0.1) is 6.92 Å². The molecule has 1 aromatic heterocycles. The van der Waals surface area contributed by atoms with Crippen molar-refractivity contribution in [1.29, 1.82) is 0 Å². The average molecular weight is 356 g/mol. The Kier molecular flexibility index (Phi) is 4.36. The van der Waals surface area contributed by atoms with Gasteiger partial charge in [-0.3, -0.25) is 4.79 Å². The van der Waals surface area contributed by atoms with Gasteiger partial charge >= 0.3 is 0 Å². The number of phenolic OH excluding ortho intramolecular Hbond substituents is 1. The lowest BCUT2D eigenvalue weighted by molar-refractivity contribution is -0.918. The molecule has 0 amide bonds. The molecule has 0 aliphatic carbocycles. The van der Waals surface area contributed by atoms with Crippen LogP contribution in [0.15, 0.2) is 29.3 Å². The van der Waals surface area contributed by atoms with E-state index >= 15 is 0 Å². The molecule has 2 aliphatic rings. The van der Waals surface area contributed by atoms with Gasteiger partial charge in [0.2, 0.25) is 5.78 Å². The van der Waals surface area contributed by atoms with Crippen molar-refractivity contribution in [2.24, 2.45) is 0 Å². The number of nitrogens with one attached hydrogen (secondary N) is 1. The lowest BCUT2D eigenvalue weighted by Gasteiger charge is -2.24. The second-order valence-corrected chi connectivity index (χ2v) is 7.78. The van der Waals surface area contributed by atoms with Gasteiger partial charge in [0, 0.05) is 11.0 Å². The average Bonchev–Trinajstić information content (AvgIpc) is 3.16. The van der Waals surface area contributed by atoms with E-state index in [0.717, 1.165) is 29.1 Å². The van der Waals surface area contributed by atoms with E-state index in [9.17, 15) is 9.90 Å². The summed E-state index contributed by atoms with van der Waals surface area (Å²) in [6.07, 6.45) is 5.53. The lowest BCUT2D eigenvalue weighted by Crippen LogP contribution is -3.11. The number of piperidine rings is 1. The quantitative estimate of drug-likeness (QED) is 0.832. The number of carbonyl (C=O) groups is 1. The molecule has 1 fully saturated rings. The van der Waals surface area contributed by atoms with E-state index in [4.69, 9.17) is 4.74 Å². The Balaban J connectivity index is 1.67. The molecular weight excluding hydrogens is 334 g/mol. The van der Waals surface area contributed by atoms with Crippen molar-refractivity contribution in [3.63, 3.8) is 0 Å². The van der Waals surface area contributed by atoms with Crippen molar-refractivity contribution in [2.75, 3.05) is 13.1 Å². The van der Waals surface area contributed by atoms with Gasteiger partial charge in [0.05, 0.1) is 24.2 Å². The van der Waals surface area contributed by atoms with Gasteiger partial charge in [0.15, 0.2) is 11.5 Å². The van der Waals surface area contributed by atoms with Crippen LogP contribution in [-0.2, 0) is 6.54 Å². The molecule has 0 radical (unpaired) electrons. The number of ketones is 1. The van der Waals surface area contributed by atoms with Gasteiger partial charge < -0.3 is 14.7 Å². The molecule has 0 bridgehead atoms. The molecule has 2 N–H and O–H groups in total. The highest BCUT2D eigenvalue weighted by molar-refractivity contribution is 7.11. The summed E-state index contributed by atoms with van der Waals surface area (Å²) in [5.41, 5.74) is 2.45. The molecule has 3 heterocycles. The lowest BCUT2D eigenvalue weighted by atomic mass is 10.0. The minimum absolute atomic E-state index is 0.0994. The monoisotopic (exact) mass is 356 g/mol. The molecule has 0 spiro atoms. The van der Waals surface area contributed by atoms with E-state index in [-0.39, 0.29) is 11.5 Å². The van der Waals surface area contributed by atoms with Crippen molar-refractivity contribution in [2.45, 2.75) is 32.7 Å². The Morgan fingerprint density at radius 3 is 2.76 bits per heavy atom. The third-order valence-corrected chi connectivity index (χ3v) is 6.03. The maximum Gasteiger partial charge on any atom is 0.232 e. The number of Topliss-reactive ketones (excluding diaryl/α,β-unsaturated/α-hetero) is 1. The summed E-state index contributed by atoms with van der Waals surface area (Å²) in [5, 5.41) is 12.4. The van der Waals surface area contributed by atoms with Crippen LogP contribution in [0.3, 0.4) is 0 Å². The van der Waals surface area contributed by atoms with Gasteiger partial charge in [0.25, 0.3) is 0 Å². The zero-order chi connectivity index (χ0) is 17.4. The van der Waals surface area contributed by atoms with Crippen LogP contribution >= 0.6 is 11.3 Å². The molecule has 1 aromatic carbocycles. The van der Waals surface area contributed by atoms with Crippen molar-refractivity contribution >= 4 is 23.2 Å². The molecule has 5 heteroatoms. The maximum absolute atomic E-state index is 12.7. The fourth-order valence-corrected chi connectivity index (χ4v) is 4.45.